The van der Waals surface area contributed by atoms with Crippen LogP contribution in [0.4, 0.5) is 5.69 Å². The third kappa shape index (κ3) is 6.01. The number of aromatic nitrogens is 1. The summed E-state index contributed by atoms with van der Waals surface area (Å²) in [6.07, 6.45) is 3.23. The van der Waals surface area contributed by atoms with Crippen LogP contribution in [0.3, 0.4) is 0 Å². The molecule has 1 amide bonds. The minimum Gasteiger partial charge on any atom is -0.456 e. The van der Waals surface area contributed by atoms with Gasteiger partial charge in [0.2, 0.25) is 0 Å². The maximum absolute atomic E-state index is 13.3. The van der Waals surface area contributed by atoms with Gasteiger partial charge in [-0.2, -0.15) is 0 Å². The van der Waals surface area contributed by atoms with Crippen LogP contribution in [-0.4, -0.2) is 22.5 Å². The molecule has 5 heteroatoms. The molecule has 0 aliphatic heterocycles. The number of rotatable bonds is 5. The van der Waals surface area contributed by atoms with Crippen LogP contribution in [0.1, 0.15) is 47.1 Å². The molecule has 176 valence electrons. The molecule has 1 heterocycles. The van der Waals surface area contributed by atoms with Crippen LogP contribution in [0, 0.1) is 6.92 Å². The highest BCUT2D eigenvalue weighted by Gasteiger charge is 2.22. The third-order valence-electron chi connectivity index (χ3n) is 5.35. The number of nitrogens with zero attached hydrogens (tertiary/aromatic N) is 1. The second kappa shape index (κ2) is 9.94. The summed E-state index contributed by atoms with van der Waals surface area (Å²) in [5, 5.41) is 2.92. The highest BCUT2D eigenvalue weighted by atomic mass is 16.6. The molecule has 3 aromatic carbocycles. The predicted octanol–water partition coefficient (Wildman–Crippen LogP) is 6.93. The average Bonchev–Trinajstić information content (AvgIpc) is 2.83. The fraction of sp³-hybridized carbons (Fsp3) is 0.167. The van der Waals surface area contributed by atoms with Crippen LogP contribution in [0.25, 0.3) is 22.3 Å². The van der Waals surface area contributed by atoms with E-state index in [1.165, 1.54) is 6.20 Å². The Bertz CT molecular complexity index is 1370. The minimum atomic E-state index is -0.665. The molecule has 35 heavy (non-hydrogen) atoms. The Hall–Kier alpha value is -4.25. The summed E-state index contributed by atoms with van der Waals surface area (Å²) < 4.78 is 5.59. The molecule has 0 bridgehead atoms. The van der Waals surface area contributed by atoms with Crippen LogP contribution in [0.5, 0.6) is 0 Å². The summed E-state index contributed by atoms with van der Waals surface area (Å²) >= 11 is 0. The quantitative estimate of drug-likeness (QED) is 0.325. The number of benzene rings is 3. The monoisotopic (exact) mass is 464 g/mol. The molecule has 0 unspecified atom stereocenters. The van der Waals surface area contributed by atoms with Gasteiger partial charge in [-0.1, -0.05) is 66.2 Å². The number of pyridine rings is 1. The predicted molar refractivity (Wildman–Crippen MR) is 139 cm³/mol. The van der Waals surface area contributed by atoms with Crippen molar-refractivity contribution in [1.82, 2.24) is 4.98 Å². The van der Waals surface area contributed by atoms with Crippen molar-refractivity contribution in [3.8, 4) is 22.3 Å². The SMILES string of the molecule is Cc1cccc(-c2ccc(C(=O)OC(C)(C)C)c(NC(=O)c3cncc(-c4ccccc4)c3)c2)c1. The molecule has 0 spiro atoms. The zero-order valence-corrected chi connectivity index (χ0v) is 20.3. The van der Waals surface area contributed by atoms with Crippen LogP contribution in [-0.2, 0) is 4.74 Å². The van der Waals surface area contributed by atoms with Gasteiger partial charge in [-0.15, -0.1) is 0 Å². The van der Waals surface area contributed by atoms with Crippen molar-refractivity contribution in [1.29, 1.82) is 0 Å². The van der Waals surface area contributed by atoms with E-state index in [-0.39, 0.29) is 11.5 Å². The molecule has 0 atom stereocenters. The number of amides is 1. The van der Waals surface area contributed by atoms with Crippen molar-refractivity contribution in [2.24, 2.45) is 0 Å². The lowest BCUT2D eigenvalue weighted by Gasteiger charge is -2.21. The largest absolute Gasteiger partial charge is 0.456 e. The lowest BCUT2D eigenvalue weighted by molar-refractivity contribution is 0.00708. The molecule has 1 aromatic heterocycles. The molecule has 0 radical (unpaired) electrons. The number of carbonyl (C=O) groups is 2. The van der Waals surface area contributed by atoms with Crippen molar-refractivity contribution in [2.75, 3.05) is 5.32 Å². The molecular weight excluding hydrogens is 436 g/mol. The Morgan fingerprint density at radius 3 is 2.20 bits per heavy atom. The summed E-state index contributed by atoms with van der Waals surface area (Å²) in [6, 6.07) is 24.9. The Balaban J connectivity index is 1.70. The number of hydrogen-bond donors (Lipinski definition) is 1. The number of anilines is 1. The van der Waals surface area contributed by atoms with Crippen LogP contribution >= 0.6 is 0 Å². The van der Waals surface area contributed by atoms with E-state index in [1.807, 2.05) is 82.3 Å². The van der Waals surface area contributed by atoms with E-state index in [9.17, 15) is 9.59 Å². The highest BCUT2D eigenvalue weighted by Crippen LogP contribution is 2.29. The number of hydrogen-bond acceptors (Lipinski definition) is 4. The van der Waals surface area contributed by atoms with E-state index in [0.717, 1.165) is 27.8 Å². The molecule has 0 aliphatic rings. The number of carbonyl (C=O) groups excluding carboxylic acids is 2. The summed E-state index contributed by atoms with van der Waals surface area (Å²) in [6.45, 7) is 7.45. The minimum absolute atomic E-state index is 0.289. The van der Waals surface area contributed by atoms with Crippen LogP contribution < -0.4 is 5.32 Å². The van der Waals surface area contributed by atoms with Gasteiger partial charge in [0, 0.05) is 18.0 Å². The summed E-state index contributed by atoms with van der Waals surface area (Å²) in [7, 11) is 0. The van der Waals surface area contributed by atoms with E-state index >= 15 is 0 Å². The molecule has 0 aliphatic carbocycles. The van der Waals surface area contributed by atoms with Crippen molar-refractivity contribution in [3.05, 3.63) is 108 Å². The van der Waals surface area contributed by atoms with Gasteiger partial charge in [-0.3, -0.25) is 9.78 Å². The molecular formula is C30H28N2O3. The lowest BCUT2D eigenvalue weighted by atomic mass is 10.00. The number of nitrogens with one attached hydrogen (secondary N) is 1. The normalized spacial score (nSPS) is 11.1. The second-order valence-corrected chi connectivity index (χ2v) is 9.41. The summed E-state index contributed by atoms with van der Waals surface area (Å²) in [5.74, 6) is -0.860. The molecule has 0 saturated carbocycles. The Morgan fingerprint density at radius 2 is 1.49 bits per heavy atom. The van der Waals surface area contributed by atoms with E-state index in [1.54, 1.807) is 24.4 Å². The molecule has 4 rings (SSSR count). The smallest absolute Gasteiger partial charge is 0.340 e. The van der Waals surface area contributed by atoms with Gasteiger partial charge in [0.15, 0.2) is 0 Å². The number of aryl methyl sites for hydroxylation is 1. The molecule has 1 N–H and O–H groups in total. The third-order valence-corrected chi connectivity index (χ3v) is 5.35. The van der Waals surface area contributed by atoms with Crippen molar-refractivity contribution in [3.63, 3.8) is 0 Å². The second-order valence-electron chi connectivity index (χ2n) is 9.41. The van der Waals surface area contributed by atoms with Crippen molar-refractivity contribution >= 4 is 17.6 Å². The zero-order valence-electron chi connectivity index (χ0n) is 20.3. The molecule has 4 aromatic rings. The Kier molecular flexibility index (Phi) is 6.78. The zero-order chi connectivity index (χ0) is 25.0. The van der Waals surface area contributed by atoms with Gasteiger partial charge in [0.1, 0.15) is 5.60 Å². The first-order valence-corrected chi connectivity index (χ1v) is 11.5. The first kappa shape index (κ1) is 23.9. The average molecular weight is 465 g/mol. The number of esters is 1. The molecule has 0 saturated heterocycles. The van der Waals surface area contributed by atoms with E-state index in [2.05, 4.69) is 16.4 Å². The summed E-state index contributed by atoms with van der Waals surface area (Å²) in [4.78, 5) is 30.5. The maximum Gasteiger partial charge on any atom is 0.340 e. The topological polar surface area (TPSA) is 68.3 Å². The van der Waals surface area contributed by atoms with E-state index in [4.69, 9.17) is 4.74 Å². The Labute approximate surface area is 205 Å². The van der Waals surface area contributed by atoms with Gasteiger partial charge < -0.3 is 10.1 Å². The maximum atomic E-state index is 13.3. The molecule has 0 fully saturated rings. The van der Waals surface area contributed by atoms with Crippen LogP contribution in [0.2, 0.25) is 0 Å². The summed E-state index contributed by atoms with van der Waals surface area (Å²) in [5.41, 5.74) is 5.18. The highest BCUT2D eigenvalue weighted by molar-refractivity contribution is 6.08. The fourth-order valence-corrected chi connectivity index (χ4v) is 3.71. The van der Waals surface area contributed by atoms with Crippen LogP contribution in [0.15, 0.2) is 91.3 Å². The first-order valence-electron chi connectivity index (χ1n) is 11.5. The van der Waals surface area contributed by atoms with Gasteiger partial charge in [0.05, 0.1) is 16.8 Å². The lowest BCUT2D eigenvalue weighted by Crippen LogP contribution is -2.25. The van der Waals surface area contributed by atoms with Gasteiger partial charge in [0.25, 0.3) is 5.91 Å². The number of ether oxygens (including phenoxy) is 1. The fourth-order valence-electron chi connectivity index (χ4n) is 3.71. The van der Waals surface area contributed by atoms with Gasteiger partial charge in [-0.25, -0.2) is 4.79 Å². The first-order chi connectivity index (χ1) is 16.7. The van der Waals surface area contributed by atoms with Gasteiger partial charge in [-0.05, 0) is 62.6 Å². The standard InChI is InChI=1S/C30H28N2O3/c1-20-9-8-12-22(15-20)23-13-14-26(29(34)35-30(2,3)4)27(17-23)32-28(33)25-16-24(18-31-19-25)21-10-6-5-7-11-21/h5-19H,1-4H3,(H,32,33). The Morgan fingerprint density at radius 1 is 0.771 bits per heavy atom. The van der Waals surface area contributed by atoms with E-state index < -0.39 is 11.6 Å². The molecule has 5 nitrogen and oxygen atoms in total. The van der Waals surface area contributed by atoms with Gasteiger partial charge >= 0.3 is 5.97 Å². The van der Waals surface area contributed by atoms with E-state index in [0.29, 0.717) is 11.3 Å². The van der Waals surface area contributed by atoms with Crippen molar-refractivity contribution in [2.45, 2.75) is 33.3 Å². The van der Waals surface area contributed by atoms with Crippen molar-refractivity contribution < 1.29 is 14.3 Å².